The zero-order chi connectivity index (χ0) is 17.6. The molecular formula is C18H21Cl2N3O2. The SMILES string of the molecule is O=C(NC1CC2CCC(C1)N2)C1CCN(c2ccc(Cl)c(Cl)c2)C1=O. The number of hydrogen-bond acceptors (Lipinski definition) is 3. The number of carbonyl (C=O) groups excluding carboxylic acids is 2. The van der Waals surface area contributed by atoms with E-state index in [2.05, 4.69) is 10.6 Å². The van der Waals surface area contributed by atoms with E-state index in [9.17, 15) is 9.59 Å². The van der Waals surface area contributed by atoms with Gasteiger partial charge in [-0.25, -0.2) is 0 Å². The molecule has 3 aliphatic heterocycles. The van der Waals surface area contributed by atoms with E-state index >= 15 is 0 Å². The minimum Gasteiger partial charge on any atom is -0.353 e. The lowest BCUT2D eigenvalue weighted by Crippen LogP contribution is -2.50. The standard InChI is InChI=1S/C18H21Cl2N3O2/c19-15-4-3-13(9-16(15)20)23-6-5-14(18(23)25)17(24)22-12-7-10-1-2-11(8-12)21-10/h3-4,9-12,14,21H,1-2,5-8H2,(H,22,24). The Morgan fingerprint density at radius 2 is 1.84 bits per heavy atom. The Morgan fingerprint density at radius 1 is 1.12 bits per heavy atom. The molecule has 0 spiro atoms. The molecule has 2 N–H and O–H groups in total. The van der Waals surface area contributed by atoms with Crippen LogP contribution in [0.1, 0.15) is 32.1 Å². The Morgan fingerprint density at radius 3 is 2.52 bits per heavy atom. The van der Waals surface area contributed by atoms with Gasteiger partial charge in [0.15, 0.2) is 0 Å². The van der Waals surface area contributed by atoms with Crippen molar-refractivity contribution >= 4 is 40.7 Å². The molecule has 7 heteroatoms. The van der Waals surface area contributed by atoms with E-state index in [4.69, 9.17) is 23.2 Å². The molecule has 0 aliphatic carbocycles. The summed E-state index contributed by atoms with van der Waals surface area (Å²) in [5.74, 6) is -0.909. The van der Waals surface area contributed by atoms with Gasteiger partial charge in [0.1, 0.15) is 5.92 Å². The first-order valence-electron chi connectivity index (χ1n) is 8.84. The van der Waals surface area contributed by atoms with Gasteiger partial charge in [0.2, 0.25) is 11.8 Å². The summed E-state index contributed by atoms with van der Waals surface area (Å²) in [7, 11) is 0. The predicted octanol–water partition coefficient (Wildman–Crippen LogP) is 2.75. The van der Waals surface area contributed by atoms with Crippen molar-refractivity contribution in [3.8, 4) is 0 Å². The maximum atomic E-state index is 12.7. The second-order valence-corrected chi connectivity index (χ2v) is 8.06. The zero-order valence-corrected chi connectivity index (χ0v) is 15.3. The Hall–Kier alpha value is -1.30. The van der Waals surface area contributed by atoms with Crippen LogP contribution in [0.2, 0.25) is 10.0 Å². The fourth-order valence-electron chi connectivity index (χ4n) is 4.31. The van der Waals surface area contributed by atoms with E-state index in [1.165, 1.54) is 12.8 Å². The second kappa shape index (κ2) is 6.78. The number of nitrogens with one attached hydrogen (secondary N) is 2. The van der Waals surface area contributed by atoms with Crippen LogP contribution in [0.15, 0.2) is 18.2 Å². The minimum atomic E-state index is -0.609. The van der Waals surface area contributed by atoms with Gasteiger partial charge in [0.25, 0.3) is 0 Å². The molecule has 1 aromatic rings. The van der Waals surface area contributed by atoms with E-state index in [0.29, 0.717) is 40.8 Å². The molecule has 4 rings (SSSR count). The van der Waals surface area contributed by atoms with Crippen molar-refractivity contribution in [2.45, 2.75) is 50.2 Å². The molecule has 3 atom stereocenters. The van der Waals surface area contributed by atoms with Crippen molar-refractivity contribution in [1.82, 2.24) is 10.6 Å². The second-order valence-electron chi connectivity index (χ2n) is 7.24. The number of carbonyl (C=O) groups is 2. The lowest BCUT2D eigenvalue weighted by Gasteiger charge is -2.30. The first-order chi connectivity index (χ1) is 12.0. The van der Waals surface area contributed by atoms with Crippen LogP contribution >= 0.6 is 23.2 Å². The molecule has 3 aliphatic rings. The van der Waals surface area contributed by atoms with Crippen LogP contribution < -0.4 is 15.5 Å². The highest BCUT2D eigenvalue weighted by atomic mass is 35.5. The van der Waals surface area contributed by atoms with Crippen molar-refractivity contribution in [2.24, 2.45) is 5.92 Å². The third-order valence-electron chi connectivity index (χ3n) is 5.56. The Labute approximate surface area is 157 Å². The van der Waals surface area contributed by atoms with Gasteiger partial charge in [-0.2, -0.15) is 0 Å². The van der Waals surface area contributed by atoms with Crippen molar-refractivity contribution in [3.63, 3.8) is 0 Å². The van der Waals surface area contributed by atoms with Crippen LogP contribution in [0, 0.1) is 5.92 Å². The van der Waals surface area contributed by atoms with Gasteiger partial charge in [0, 0.05) is 30.4 Å². The molecule has 25 heavy (non-hydrogen) atoms. The van der Waals surface area contributed by atoms with Gasteiger partial charge >= 0.3 is 0 Å². The highest BCUT2D eigenvalue weighted by Gasteiger charge is 2.40. The number of hydrogen-bond donors (Lipinski definition) is 2. The highest BCUT2D eigenvalue weighted by Crippen LogP contribution is 2.32. The van der Waals surface area contributed by atoms with E-state index in [1.54, 1.807) is 23.1 Å². The van der Waals surface area contributed by atoms with Gasteiger partial charge in [-0.3, -0.25) is 9.59 Å². The summed E-state index contributed by atoms with van der Waals surface area (Å²) < 4.78 is 0. The van der Waals surface area contributed by atoms with E-state index in [-0.39, 0.29) is 17.9 Å². The number of rotatable bonds is 3. The van der Waals surface area contributed by atoms with Crippen molar-refractivity contribution in [1.29, 1.82) is 0 Å². The average molecular weight is 382 g/mol. The topological polar surface area (TPSA) is 61.4 Å². The van der Waals surface area contributed by atoms with Gasteiger partial charge in [-0.15, -0.1) is 0 Å². The molecule has 1 aromatic carbocycles. The molecule has 3 saturated heterocycles. The molecule has 3 heterocycles. The van der Waals surface area contributed by atoms with Gasteiger partial charge in [-0.1, -0.05) is 23.2 Å². The number of piperidine rings is 1. The first-order valence-corrected chi connectivity index (χ1v) is 9.59. The van der Waals surface area contributed by atoms with E-state index in [1.807, 2.05) is 0 Å². The minimum absolute atomic E-state index is 0.140. The number of benzene rings is 1. The number of anilines is 1. The average Bonchev–Trinajstić information content (AvgIpc) is 3.12. The quantitative estimate of drug-likeness (QED) is 0.791. The smallest absolute Gasteiger partial charge is 0.239 e. The number of fused-ring (bicyclic) bond motifs is 2. The molecule has 134 valence electrons. The fourth-order valence-corrected chi connectivity index (χ4v) is 4.60. The Bertz CT molecular complexity index is 700. The molecule has 0 saturated carbocycles. The summed E-state index contributed by atoms with van der Waals surface area (Å²) >= 11 is 12.0. The molecular weight excluding hydrogens is 361 g/mol. The summed E-state index contributed by atoms with van der Waals surface area (Å²) in [6.45, 7) is 0.520. The third-order valence-corrected chi connectivity index (χ3v) is 6.30. The van der Waals surface area contributed by atoms with Gasteiger partial charge < -0.3 is 15.5 Å². The van der Waals surface area contributed by atoms with Crippen LogP contribution in [-0.2, 0) is 9.59 Å². The molecule has 5 nitrogen and oxygen atoms in total. The fraction of sp³-hybridized carbons (Fsp3) is 0.556. The third kappa shape index (κ3) is 3.37. The number of halogens is 2. The van der Waals surface area contributed by atoms with E-state index < -0.39 is 5.92 Å². The summed E-state index contributed by atoms with van der Waals surface area (Å²) in [5, 5.41) is 7.53. The van der Waals surface area contributed by atoms with Crippen LogP contribution in [0.4, 0.5) is 5.69 Å². The van der Waals surface area contributed by atoms with Gasteiger partial charge in [-0.05, 0) is 50.3 Å². The first kappa shape index (κ1) is 17.1. The maximum absolute atomic E-state index is 12.7. The highest BCUT2D eigenvalue weighted by molar-refractivity contribution is 6.42. The monoisotopic (exact) mass is 381 g/mol. The molecule has 3 fully saturated rings. The summed E-state index contributed by atoms with van der Waals surface area (Å²) in [4.78, 5) is 27.0. The Kier molecular flexibility index (Phi) is 4.65. The largest absolute Gasteiger partial charge is 0.353 e. The van der Waals surface area contributed by atoms with Crippen molar-refractivity contribution in [2.75, 3.05) is 11.4 Å². The predicted molar refractivity (Wildman–Crippen MR) is 98.0 cm³/mol. The van der Waals surface area contributed by atoms with Crippen molar-refractivity contribution in [3.05, 3.63) is 28.2 Å². The molecule has 0 aromatic heterocycles. The molecule has 0 radical (unpaired) electrons. The molecule has 2 bridgehead atoms. The lowest BCUT2D eigenvalue weighted by molar-refractivity contribution is -0.132. The van der Waals surface area contributed by atoms with Gasteiger partial charge in [0.05, 0.1) is 10.0 Å². The summed E-state index contributed by atoms with van der Waals surface area (Å²) in [6, 6.07) is 6.30. The summed E-state index contributed by atoms with van der Waals surface area (Å²) in [6.07, 6.45) is 4.82. The lowest BCUT2D eigenvalue weighted by atomic mass is 9.98. The number of nitrogens with zero attached hydrogens (tertiary/aromatic N) is 1. The molecule has 2 amide bonds. The van der Waals surface area contributed by atoms with Crippen LogP contribution in [0.5, 0.6) is 0 Å². The van der Waals surface area contributed by atoms with Crippen LogP contribution in [0.3, 0.4) is 0 Å². The molecule has 3 unspecified atom stereocenters. The maximum Gasteiger partial charge on any atom is 0.239 e. The van der Waals surface area contributed by atoms with Crippen LogP contribution in [0.25, 0.3) is 0 Å². The Balaban J connectivity index is 1.40. The summed E-state index contributed by atoms with van der Waals surface area (Å²) in [5.41, 5.74) is 0.689. The van der Waals surface area contributed by atoms with Crippen LogP contribution in [-0.4, -0.2) is 36.5 Å². The number of amides is 2. The zero-order valence-electron chi connectivity index (χ0n) is 13.8. The van der Waals surface area contributed by atoms with E-state index in [0.717, 1.165) is 12.8 Å². The van der Waals surface area contributed by atoms with Crippen molar-refractivity contribution < 1.29 is 9.59 Å². The normalized spacial score (nSPS) is 31.4.